The van der Waals surface area contributed by atoms with Crippen LogP contribution in [0.3, 0.4) is 0 Å². The van der Waals surface area contributed by atoms with Gasteiger partial charge in [0.1, 0.15) is 0 Å². The van der Waals surface area contributed by atoms with Crippen LogP contribution in [0.1, 0.15) is 38.5 Å². The first-order chi connectivity index (χ1) is 7.65. The minimum atomic E-state index is -0.541. The lowest BCUT2D eigenvalue weighted by molar-refractivity contribution is -0.138. The van der Waals surface area contributed by atoms with Gasteiger partial charge >= 0.3 is 0 Å². The number of allylic oxidation sites excluding steroid dienone is 1. The van der Waals surface area contributed by atoms with Gasteiger partial charge in [-0.1, -0.05) is 18.9 Å². The van der Waals surface area contributed by atoms with E-state index in [2.05, 4.69) is 6.58 Å². The Balaban J connectivity index is 1.93. The molecule has 0 aromatic carbocycles. The molecule has 2 rings (SSSR count). The van der Waals surface area contributed by atoms with E-state index < -0.39 is 5.54 Å². The van der Waals surface area contributed by atoms with Gasteiger partial charge in [-0.05, 0) is 31.6 Å². The molecule has 2 aliphatic rings. The number of nitrogens with two attached hydrogens (primary N) is 1. The average Bonchev–Trinajstić information content (AvgIpc) is 2.77. The Bertz CT molecular complexity index is 274. The fourth-order valence-electron chi connectivity index (χ4n) is 2.87. The predicted molar refractivity (Wildman–Crippen MR) is 64.9 cm³/mol. The second kappa shape index (κ2) is 4.58. The van der Waals surface area contributed by atoms with Crippen molar-refractivity contribution in [3.63, 3.8) is 0 Å². The highest BCUT2D eigenvalue weighted by molar-refractivity contribution is 5.86. The maximum Gasteiger partial charge on any atom is 0.242 e. The summed E-state index contributed by atoms with van der Waals surface area (Å²) in [5, 5.41) is 0. The van der Waals surface area contributed by atoms with Crippen molar-refractivity contribution in [2.45, 2.75) is 44.1 Å². The van der Waals surface area contributed by atoms with Gasteiger partial charge in [0.2, 0.25) is 5.91 Å². The number of likely N-dealkylation sites (tertiary alicyclic amines) is 1. The summed E-state index contributed by atoms with van der Waals surface area (Å²) in [4.78, 5) is 14.3. The van der Waals surface area contributed by atoms with Crippen molar-refractivity contribution in [3.05, 3.63) is 12.7 Å². The van der Waals surface area contributed by atoms with Crippen molar-refractivity contribution in [2.75, 3.05) is 13.1 Å². The van der Waals surface area contributed by atoms with Gasteiger partial charge in [-0.2, -0.15) is 0 Å². The minimum Gasteiger partial charge on any atom is -0.341 e. The van der Waals surface area contributed by atoms with Gasteiger partial charge in [0.05, 0.1) is 5.54 Å². The molecule has 1 aliphatic heterocycles. The van der Waals surface area contributed by atoms with Crippen LogP contribution in [0.2, 0.25) is 0 Å². The fraction of sp³-hybridized carbons (Fsp3) is 0.769. The van der Waals surface area contributed by atoms with Gasteiger partial charge < -0.3 is 10.6 Å². The first-order valence-corrected chi connectivity index (χ1v) is 6.36. The molecular formula is C13H22N2O. The van der Waals surface area contributed by atoms with Crippen molar-refractivity contribution in [1.29, 1.82) is 0 Å². The Morgan fingerprint density at radius 3 is 2.38 bits per heavy atom. The Hall–Kier alpha value is -0.830. The lowest BCUT2D eigenvalue weighted by Gasteiger charge is -2.36. The predicted octanol–water partition coefficient (Wildman–Crippen LogP) is 1.68. The van der Waals surface area contributed by atoms with E-state index in [1.807, 2.05) is 11.0 Å². The molecule has 1 amide bonds. The monoisotopic (exact) mass is 222 g/mol. The third-order valence-electron chi connectivity index (χ3n) is 4.08. The standard InChI is InChI=1S/C13H22N2O/c1-2-11-5-9-15(10-6-11)12(16)13(14)7-3-4-8-13/h2,11H,1,3-10,14H2. The summed E-state index contributed by atoms with van der Waals surface area (Å²) < 4.78 is 0. The fourth-order valence-corrected chi connectivity index (χ4v) is 2.87. The van der Waals surface area contributed by atoms with E-state index in [9.17, 15) is 4.79 Å². The second-order valence-electron chi connectivity index (χ2n) is 5.23. The third kappa shape index (κ3) is 2.14. The Morgan fingerprint density at radius 2 is 1.88 bits per heavy atom. The second-order valence-corrected chi connectivity index (χ2v) is 5.23. The van der Waals surface area contributed by atoms with Gasteiger partial charge in [-0.3, -0.25) is 4.79 Å². The number of nitrogens with zero attached hydrogens (tertiary/aromatic N) is 1. The van der Waals surface area contributed by atoms with Crippen LogP contribution in [0, 0.1) is 5.92 Å². The molecule has 1 saturated heterocycles. The summed E-state index contributed by atoms with van der Waals surface area (Å²) in [7, 11) is 0. The Morgan fingerprint density at radius 1 is 1.31 bits per heavy atom. The van der Waals surface area contributed by atoms with E-state index >= 15 is 0 Å². The van der Waals surface area contributed by atoms with E-state index in [4.69, 9.17) is 5.73 Å². The zero-order valence-electron chi connectivity index (χ0n) is 9.95. The normalized spacial score (nSPS) is 25.7. The number of hydrogen-bond donors (Lipinski definition) is 1. The van der Waals surface area contributed by atoms with E-state index in [-0.39, 0.29) is 5.91 Å². The molecule has 0 aromatic heterocycles. The molecule has 16 heavy (non-hydrogen) atoms. The van der Waals surface area contributed by atoms with Crippen LogP contribution in [0.15, 0.2) is 12.7 Å². The highest BCUT2D eigenvalue weighted by Crippen LogP contribution is 2.30. The SMILES string of the molecule is C=CC1CCN(C(=O)C2(N)CCCC2)CC1. The largest absolute Gasteiger partial charge is 0.341 e. The van der Waals surface area contributed by atoms with Crippen LogP contribution in [0.4, 0.5) is 0 Å². The molecule has 1 heterocycles. The van der Waals surface area contributed by atoms with E-state index in [1.54, 1.807) is 0 Å². The van der Waals surface area contributed by atoms with E-state index in [0.29, 0.717) is 5.92 Å². The zero-order chi connectivity index (χ0) is 11.6. The molecule has 0 aromatic rings. The quantitative estimate of drug-likeness (QED) is 0.723. The summed E-state index contributed by atoms with van der Waals surface area (Å²) in [5.74, 6) is 0.772. The number of piperidine rings is 1. The van der Waals surface area contributed by atoms with Crippen molar-refractivity contribution < 1.29 is 4.79 Å². The summed E-state index contributed by atoms with van der Waals surface area (Å²) in [6, 6.07) is 0. The van der Waals surface area contributed by atoms with Crippen LogP contribution < -0.4 is 5.73 Å². The van der Waals surface area contributed by atoms with Crippen LogP contribution in [-0.4, -0.2) is 29.4 Å². The molecule has 1 saturated carbocycles. The smallest absolute Gasteiger partial charge is 0.242 e. The lowest BCUT2D eigenvalue weighted by Crippen LogP contribution is -2.55. The molecule has 0 radical (unpaired) electrons. The molecule has 0 spiro atoms. The van der Waals surface area contributed by atoms with Crippen molar-refractivity contribution in [1.82, 2.24) is 4.90 Å². The number of rotatable bonds is 2. The van der Waals surface area contributed by atoms with Crippen molar-refractivity contribution >= 4 is 5.91 Å². The molecule has 2 fully saturated rings. The van der Waals surface area contributed by atoms with E-state index in [1.165, 1.54) is 0 Å². The van der Waals surface area contributed by atoms with Crippen LogP contribution >= 0.6 is 0 Å². The number of carbonyl (C=O) groups excluding carboxylic acids is 1. The molecule has 1 aliphatic carbocycles. The van der Waals surface area contributed by atoms with E-state index in [0.717, 1.165) is 51.6 Å². The molecule has 90 valence electrons. The highest BCUT2D eigenvalue weighted by Gasteiger charge is 2.40. The molecule has 3 heteroatoms. The average molecular weight is 222 g/mol. The van der Waals surface area contributed by atoms with Crippen molar-refractivity contribution in [3.8, 4) is 0 Å². The molecule has 3 nitrogen and oxygen atoms in total. The maximum atomic E-state index is 12.3. The Labute approximate surface area is 97.7 Å². The zero-order valence-corrected chi connectivity index (χ0v) is 9.95. The van der Waals surface area contributed by atoms with Crippen LogP contribution in [0.25, 0.3) is 0 Å². The molecule has 0 bridgehead atoms. The first-order valence-electron chi connectivity index (χ1n) is 6.36. The number of amides is 1. The van der Waals surface area contributed by atoms with Crippen molar-refractivity contribution in [2.24, 2.45) is 11.7 Å². The van der Waals surface area contributed by atoms with Gasteiger partial charge in [0.15, 0.2) is 0 Å². The highest BCUT2D eigenvalue weighted by atomic mass is 16.2. The van der Waals surface area contributed by atoms with Crippen LogP contribution in [0.5, 0.6) is 0 Å². The lowest BCUT2D eigenvalue weighted by atomic mass is 9.92. The van der Waals surface area contributed by atoms with Gasteiger partial charge in [-0.15, -0.1) is 6.58 Å². The van der Waals surface area contributed by atoms with Gasteiger partial charge in [0.25, 0.3) is 0 Å². The maximum absolute atomic E-state index is 12.3. The van der Waals surface area contributed by atoms with Crippen LogP contribution in [-0.2, 0) is 4.79 Å². The Kier molecular flexibility index (Phi) is 3.33. The summed E-state index contributed by atoms with van der Waals surface area (Å²) in [6.45, 7) is 5.53. The summed E-state index contributed by atoms with van der Waals surface area (Å²) in [6.07, 6.45) is 8.05. The van der Waals surface area contributed by atoms with Gasteiger partial charge in [-0.25, -0.2) is 0 Å². The third-order valence-corrected chi connectivity index (χ3v) is 4.08. The summed E-state index contributed by atoms with van der Waals surface area (Å²) in [5.41, 5.74) is 5.65. The topological polar surface area (TPSA) is 46.3 Å². The summed E-state index contributed by atoms with van der Waals surface area (Å²) >= 11 is 0. The minimum absolute atomic E-state index is 0.188. The molecule has 2 N–H and O–H groups in total. The van der Waals surface area contributed by atoms with Gasteiger partial charge in [0, 0.05) is 13.1 Å². The molecule has 0 unspecified atom stereocenters. The number of hydrogen-bond acceptors (Lipinski definition) is 2. The molecular weight excluding hydrogens is 200 g/mol. The first kappa shape index (κ1) is 11.6. The number of carbonyl (C=O) groups is 1. The molecule has 0 atom stereocenters.